The number of halogens is 1. The number of carbonyl (C=O) groups is 1. The molecule has 0 atom stereocenters. The predicted octanol–water partition coefficient (Wildman–Crippen LogP) is 0.573. The molecule has 1 rings (SSSR count). The van der Waals surface area contributed by atoms with Crippen molar-refractivity contribution in [2.45, 2.75) is 0 Å². The van der Waals surface area contributed by atoms with Crippen LogP contribution in [0.5, 0.6) is 0 Å². The minimum atomic E-state index is -0.295. The van der Waals surface area contributed by atoms with Crippen molar-refractivity contribution in [1.29, 1.82) is 0 Å². The molecular formula is C7H8BrN3O2. The molecular weight excluding hydrogens is 238 g/mol. The Morgan fingerprint density at radius 1 is 1.77 bits per heavy atom. The Morgan fingerprint density at radius 2 is 2.54 bits per heavy atom. The summed E-state index contributed by atoms with van der Waals surface area (Å²) in [4.78, 5) is 18.9. The summed E-state index contributed by atoms with van der Waals surface area (Å²) in [6.07, 6.45) is 2.82. The molecule has 13 heavy (non-hydrogen) atoms. The summed E-state index contributed by atoms with van der Waals surface area (Å²) in [6.45, 7) is 0.162. The lowest BCUT2D eigenvalue weighted by atomic mass is 10.4. The van der Waals surface area contributed by atoms with Crippen LogP contribution in [0.1, 0.15) is 10.5 Å². The minimum absolute atomic E-state index is 0.162. The SMILES string of the molecule is COCNC(=O)c1ncncc1Br. The first-order valence-corrected chi connectivity index (χ1v) is 4.27. The fraction of sp³-hybridized carbons (Fsp3) is 0.286. The van der Waals surface area contributed by atoms with Crippen molar-refractivity contribution >= 4 is 21.8 Å². The number of nitrogens with zero attached hydrogens (tertiary/aromatic N) is 2. The Balaban J connectivity index is 2.71. The van der Waals surface area contributed by atoms with Gasteiger partial charge >= 0.3 is 0 Å². The number of amides is 1. The molecule has 0 bridgehead atoms. The van der Waals surface area contributed by atoms with Crippen molar-refractivity contribution in [2.75, 3.05) is 13.8 Å². The van der Waals surface area contributed by atoms with Gasteiger partial charge in [0.1, 0.15) is 18.8 Å². The molecule has 0 radical (unpaired) electrons. The van der Waals surface area contributed by atoms with E-state index in [4.69, 9.17) is 0 Å². The molecule has 0 aliphatic heterocycles. The molecule has 1 amide bonds. The Bertz CT molecular complexity index is 306. The van der Waals surface area contributed by atoms with Crippen LogP contribution in [0.4, 0.5) is 0 Å². The van der Waals surface area contributed by atoms with Gasteiger partial charge in [0.25, 0.3) is 5.91 Å². The van der Waals surface area contributed by atoms with Crippen molar-refractivity contribution in [2.24, 2.45) is 0 Å². The molecule has 1 aromatic rings. The van der Waals surface area contributed by atoms with Gasteiger partial charge in [0, 0.05) is 13.3 Å². The van der Waals surface area contributed by atoms with Gasteiger partial charge in [-0.3, -0.25) is 4.79 Å². The summed E-state index contributed by atoms with van der Waals surface area (Å²) in [6, 6.07) is 0. The van der Waals surface area contributed by atoms with Crippen molar-refractivity contribution in [1.82, 2.24) is 15.3 Å². The van der Waals surface area contributed by atoms with Crippen LogP contribution < -0.4 is 5.32 Å². The monoisotopic (exact) mass is 245 g/mol. The second kappa shape index (κ2) is 4.88. The Hall–Kier alpha value is -1.01. The molecule has 0 unspecified atom stereocenters. The summed E-state index contributed by atoms with van der Waals surface area (Å²) in [5.74, 6) is -0.295. The lowest BCUT2D eigenvalue weighted by molar-refractivity contribution is 0.0866. The second-order valence-corrected chi connectivity index (χ2v) is 3.01. The Morgan fingerprint density at radius 3 is 3.15 bits per heavy atom. The Labute approximate surface area is 83.7 Å². The van der Waals surface area contributed by atoms with Gasteiger partial charge in [0.05, 0.1) is 4.47 Å². The molecule has 0 spiro atoms. The third-order valence-electron chi connectivity index (χ3n) is 1.26. The van der Waals surface area contributed by atoms with Gasteiger partial charge in [-0.15, -0.1) is 0 Å². The van der Waals surface area contributed by atoms with Gasteiger partial charge in [0.2, 0.25) is 0 Å². The van der Waals surface area contributed by atoms with Gasteiger partial charge in [-0.25, -0.2) is 9.97 Å². The van der Waals surface area contributed by atoms with E-state index >= 15 is 0 Å². The second-order valence-electron chi connectivity index (χ2n) is 2.16. The lowest BCUT2D eigenvalue weighted by Crippen LogP contribution is -2.26. The lowest BCUT2D eigenvalue weighted by Gasteiger charge is -2.03. The maximum Gasteiger partial charge on any atom is 0.272 e. The van der Waals surface area contributed by atoms with E-state index in [1.807, 2.05) is 0 Å². The van der Waals surface area contributed by atoms with Crippen molar-refractivity contribution in [3.63, 3.8) is 0 Å². The first-order chi connectivity index (χ1) is 6.25. The van der Waals surface area contributed by atoms with Gasteiger partial charge in [-0.05, 0) is 15.9 Å². The van der Waals surface area contributed by atoms with E-state index in [1.54, 1.807) is 0 Å². The van der Waals surface area contributed by atoms with Gasteiger partial charge in [-0.1, -0.05) is 0 Å². The molecule has 0 aliphatic carbocycles. The van der Waals surface area contributed by atoms with Crippen LogP contribution in [0.15, 0.2) is 17.0 Å². The van der Waals surface area contributed by atoms with Crippen LogP contribution in [0.3, 0.4) is 0 Å². The molecule has 6 heteroatoms. The van der Waals surface area contributed by atoms with Crippen LogP contribution in [-0.2, 0) is 4.74 Å². The molecule has 0 saturated heterocycles. The highest BCUT2D eigenvalue weighted by molar-refractivity contribution is 9.10. The van der Waals surface area contributed by atoms with Gasteiger partial charge in [-0.2, -0.15) is 0 Å². The van der Waals surface area contributed by atoms with E-state index in [2.05, 4.69) is 36.0 Å². The molecule has 1 aromatic heterocycles. The predicted molar refractivity (Wildman–Crippen MR) is 49.1 cm³/mol. The zero-order valence-corrected chi connectivity index (χ0v) is 8.54. The molecule has 1 heterocycles. The van der Waals surface area contributed by atoms with E-state index in [9.17, 15) is 4.79 Å². The molecule has 0 aliphatic rings. The van der Waals surface area contributed by atoms with E-state index < -0.39 is 0 Å². The largest absolute Gasteiger partial charge is 0.364 e. The first kappa shape index (κ1) is 10.1. The number of carbonyl (C=O) groups excluding carboxylic acids is 1. The number of ether oxygens (including phenoxy) is 1. The third-order valence-corrected chi connectivity index (χ3v) is 1.84. The maximum absolute atomic E-state index is 11.3. The highest BCUT2D eigenvalue weighted by Gasteiger charge is 2.09. The zero-order valence-electron chi connectivity index (χ0n) is 6.95. The maximum atomic E-state index is 11.3. The fourth-order valence-corrected chi connectivity index (χ4v) is 1.10. The molecule has 0 saturated carbocycles. The quantitative estimate of drug-likeness (QED) is 0.792. The van der Waals surface area contributed by atoms with Crippen LogP contribution >= 0.6 is 15.9 Å². The average molecular weight is 246 g/mol. The zero-order chi connectivity index (χ0) is 9.68. The van der Waals surface area contributed by atoms with Crippen LogP contribution in [0.25, 0.3) is 0 Å². The summed E-state index contributed by atoms with van der Waals surface area (Å²) < 4.78 is 5.24. The van der Waals surface area contributed by atoms with E-state index in [0.717, 1.165) is 0 Å². The van der Waals surface area contributed by atoms with E-state index in [-0.39, 0.29) is 12.6 Å². The number of methoxy groups -OCH3 is 1. The number of hydrogen-bond acceptors (Lipinski definition) is 4. The molecule has 0 aromatic carbocycles. The highest BCUT2D eigenvalue weighted by Crippen LogP contribution is 2.10. The summed E-state index contributed by atoms with van der Waals surface area (Å²) >= 11 is 3.16. The average Bonchev–Trinajstić information content (AvgIpc) is 2.15. The smallest absolute Gasteiger partial charge is 0.272 e. The van der Waals surface area contributed by atoms with Crippen LogP contribution in [0.2, 0.25) is 0 Å². The fourth-order valence-electron chi connectivity index (χ4n) is 0.701. The van der Waals surface area contributed by atoms with E-state index in [1.165, 1.54) is 19.6 Å². The standard InChI is InChI=1S/C7H8BrN3O2/c1-13-4-11-7(12)6-5(8)2-9-3-10-6/h2-3H,4H2,1H3,(H,11,12). The molecule has 1 N–H and O–H groups in total. The summed E-state index contributed by atoms with van der Waals surface area (Å²) in [5, 5.41) is 2.51. The Kier molecular flexibility index (Phi) is 3.78. The molecule has 70 valence electrons. The third kappa shape index (κ3) is 2.74. The van der Waals surface area contributed by atoms with Crippen molar-refractivity contribution in [3.05, 3.63) is 22.7 Å². The first-order valence-electron chi connectivity index (χ1n) is 3.48. The van der Waals surface area contributed by atoms with Crippen molar-refractivity contribution < 1.29 is 9.53 Å². The number of rotatable bonds is 3. The van der Waals surface area contributed by atoms with Crippen molar-refractivity contribution in [3.8, 4) is 0 Å². The number of aromatic nitrogens is 2. The van der Waals surface area contributed by atoms with Gasteiger partial charge < -0.3 is 10.1 Å². The van der Waals surface area contributed by atoms with Gasteiger partial charge in [0.15, 0.2) is 0 Å². The molecule has 0 fully saturated rings. The highest BCUT2D eigenvalue weighted by atomic mass is 79.9. The normalized spacial score (nSPS) is 9.69. The minimum Gasteiger partial charge on any atom is -0.364 e. The summed E-state index contributed by atoms with van der Waals surface area (Å²) in [7, 11) is 1.50. The summed E-state index contributed by atoms with van der Waals surface area (Å²) in [5.41, 5.74) is 0.298. The van der Waals surface area contributed by atoms with Crippen LogP contribution in [-0.4, -0.2) is 29.7 Å². The molecule has 5 nitrogen and oxygen atoms in total. The number of nitrogens with one attached hydrogen (secondary N) is 1. The number of hydrogen-bond donors (Lipinski definition) is 1. The topological polar surface area (TPSA) is 64.1 Å². The van der Waals surface area contributed by atoms with Crippen LogP contribution in [0, 0.1) is 0 Å². The van der Waals surface area contributed by atoms with E-state index in [0.29, 0.717) is 10.2 Å².